The maximum absolute atomic E-state index is 14.2. The van der Waals surface area contributed by atoms with Crippen LogP contribution in [-0.2, 0) is 6.18 Å². The zero-order valence-electron chi connectivity index (χ0n) is 18.2. The fourth-order valence-corrected chi connectivity index (χ4v) is 3.92. The van der Waals surface area contributed by atoms with Crippen LogP contribution in [0.3, 0.4) is 0 Å². The van der Waals surface area contributed by atoms with Crippen molar-refractivity contribution in [3.8, 4) is 11.5 Å². The molecule has 0 atom stereocenters. The van der Waals surface area contributed by atoms with E-state index in [2.05, 4.69) is 30.6 Å². The van der Waals surface area contributed by atoms with E-state index in [0.717, 1.165) is 17.2 Å². The number of aromatic nitrogens is 7. The molecule has 1 aromatic carbocycles. The summed E-state index contributed by atoms with van der Waals surface area (Å²) in [7, 11) is 0. The van der Waals surface area contributed by atoms with Crippen molar-refractivity contribution < 1.29 is 26.7 Å². The topological polar surface area (TPSA) is 103 Å². The summed E-state index contributed by atoms with van der Waals surface area (Å²) < 4.78 is 69.8. The predicted octanol–water partition coefficient (Wildman–Crippen LogP) is 5.26. The van der Waals surface area contributed by atoms with Crippen LogP contribution in [0, 0.1) is 0 Å². The van der Waals surface area contributed by atoms with E-state index >= 15 is 0 Å². The highest BCUT2D eigenvalue weighted by Crippen LogP contribution is 2.37. The van der Waals surface area contributed by atoms with E-state index in [-0.39, 0.29) is 33.0 Å². The number of carbonyl (C=O) groups is 1. The molecule has 4 heterocycles. The summed E-state index contributed by atoms with van der Waals surface area (Å²) in [5, 5.41) is 13.8. The van der Waals surface area contributed by atoms with Gasteiger partial charge in [0.15, 0.2) is 11.5 Å². The first kappa shape index (κ1) is 24.2. The van der Waals surface area contributed by atoms with Gasteiger partial charge in [-0.2, -0.15) is 28.5 Å². The molecule has 0 fully saturated rings. The summed E-state index contributed by atoms with van der Waals surface area (Å²) in [6.45, 7) is 0. The van der Waals surface area contributed by atoms with E-state index in [0.29, 0.717) is 4.68 Å². The highest BCUT2D eigenvalue weighted by atomic mass is 35.5. The third-order valence-corrected chi connectivity index (χ3v) is 5.49. The van der Waals surface area contributed by atoms with E-state index in [1.54, 1.807) is 0 Å². The van der Waals surface area contributed by atoms with Gasteiger partial charge in [0.25, 0.3) is 12.3 Å². The van der Waals surface area contributed by atoms with E-state index < -0.39 is 35.5 Å². The molecule has 0 bridgehead atoms. The molecule has 37 heavy (non-hydrogen) atoms. The quantitative estimate of drug-likeness (QED) is 0.309. The lowest BCUT2D eigenvalue weighted by atomic mass is 10.1. The highest BCUT2D eigenvalue weighted by Gasteiger charge is 2.41. The number of hydrogen-bond acceptors (Lipinski definition) is 6. The minimum Gasteiger partial charge on any atom is -0.320 e. The highest BCUT2D eigenvalue weighted by molar-refractivity contribution is 6.32. The van der Waals surface area contributed by atoms with Gasteiger partial charge in [0.2, 0.25) is 0 Å². The normalized spacial score (nSPS) is 11.9. The average Bonchev–Trinajstić information content (AvgIpc) is 3.54. The number of benzene rings is 1. The van der Waals surface area contributed by atoms with Crippen molar-refractivity contribution >= 4 is 34.0 Å². The Morgan fingerprint density at radius 2 is 1.68 bits per heavy atom. The zero-order chi connectivity index (χ0) is 26.3. The van der Waals surface area contributed by atoms with Gasteiger partial charge in [-0.1, -0.05) is 35.9 Å². The van der Waals surface area contributed by atoms with Crippen molar-refractivity contribution in [1.29, 1.82) is 0 Å². The second-order valence-corrected chi connectivity index (χ2v) is 7.90. The molecule has 1 amide bonds. The fraction of sp³-hybridized carbons (Fsp3) is 0.0909. The molecular formula is C22H12ClF5N8O. The molecular weight excluding hydrogens is 523 g/mol. The number of nitrogens with zero attached hydrogens (tertiary/aromatic N) is 7. The van der Waals surface area contributed by atoms with E-state index in [9.17, 15) is 26.7 Å². The Hall–Kier alpha value is -4.46. The predicted molar refractivity (Wildman–Crippen MR) is 121 cm³/mol. The van der Waals surface area contributed by atoms with E-state index in [4.69, 9.17) is 11.6 Å². The molecule has 0 spiro atoms. The fourth-order valence-electron chi connectivity index (χ4n) is 3.68. The van der Waals surface area contributed by atoms with Gasteiger partial charge < -0.3 is 5.32 Å². The Bertz CT molecular complexity index is 1620. The van der Waals surface area contributed by atoms with Gasteiger partial charge in [-0.3, -0.25) is 9.78 Å². The molecule has 0 aliphatic rings. The largest absolute Gasteiger partial charge is 0.434 e. The Balaban J connectivity index is 1.55. The van der Waals surface area contributed by atoms with Crippen LogP contribution in [0.25, 0.3) is 22.3 Å². The molecule has 1 N–H and O–H groups in total. The summed E-state index contributed by atoms with van der Waals surface area (Å²) in [4.78, 5) is 21.7. The number of fused-ring (bicyclic) bond motifs is 1. The summed E-state index contributed by atoms with van der Waals surface area (Å²) in [5.41, 5.74) is -3.05. The van der Waals surface area contributed by atoms with Crippen LogP contribution in [-0.4, -0.2) is 40.6 Å². The summed E-state index contributed by atoms with van der Waals surface area (Å²) in [5.74, 6) is -1.01. The number of halogens is 6. The molecule has 0 aliphatic heterocycles. The van der Waals surface area contributed by atoms with Crippen molar-refractivity contribution in [3.63, 3.8) is 0 Å². The van der Waals surface area contributed by atoms with Crippen LogP contribution >= 0.6 is 11.6 Å². The molecule has 5 rings (SSSR count). The molecule has 5 aromatic rings. The Morgan fingerprint density at radius 1 is 0.973 bits per heavy atom. The maximum atomic E-state index is 14.2. The third kappa shape index (κ3) is 4.46. The van der Waals surface area contributed by atoms with Crippen molar-refractivity contribution in [2.45, 2.75) is 12.6 Å². The van der Waals surface area contributed by atoms with Gasteiger partial charge in [0.1, 0.15) is 5.69 Å². The van der Waals surface area contributed by atoms with Crippen molar-refractivity contribution in [2.24, 2.45) is 0 Å². The number of pyridine rings is 2. The lowest BCUT2D eigenvalue weighted by Gasteiger charge is -2.15. The van der Waals surface area contributed by atoms with Crippen LogP contribution in [0.5, 0.6) is 0 Å². The zero-order valence-corrected chi connectivity index (χ0v) is 18.9. The average molecular weight is 535 g/mol. The molecule has 0 radical (unpaired) electrons. The van der Waals surface area contributed by atoms with Gasteiger partial charge in [0, 0.05) is 10.8 Å². The molecule has 15 heteroatoms. The van der Waals surface area contributed by atoms with Crippen molar-refractivity contribution in [3.05, 3.63) is 83.3 Å². The van der Waals surface area contributed by atoms with Gasteiger partial charge in [0.05, 0.1) is 52.9 Å². The first-order valence-corrected chi connectivity index (χ1v) is 10.7. The number of anilines is 1. The van der Waals surface area contributed by atoms with E-state index in [1.807, 2.05) is 0 Å². The second-order valence-electron chi connectivity index (χ2n) is 7.49. The van der Waals surface area contributed by atoms with Crippen molar-refractivity contribution in [1.82, 2.24) is 34.7 Å². The number of nitrogens with one attached hydrogen (secondary N) is 1. The SMILES string of the molecule is O=C(Nc1cnc(-n2nccn2)c(Cl)c1)c1cnn(-c2cnc(C(F)F)c3ccccc23)c1C(F)(F)F. The number of rotatable bonds is 5. The number of alkyl halides is 5. The third-order valence-electron chi connectivity index (χ3n) is 5.21. The van der Waals surface area contributed by atoms with Crippen LogP contribution in [0.4, 0.5) is 27.6 Å². The monoisotopic (exact) mass is 534 g/mol. The van der Waals surface area contributed by atoms with Crippen molar-refractivity contribution in [2.75, 3.05) is 5.32 Å². The molecule has 9 nitrogen and oxygen atoms in total. The standard InChI is InChI=1S/C22H12ClF5N8O/c23-15-7-11(8-30-20(15)36-31-5-6-32-36)34-21(37)14-9-33-35(18(14)22(26,27)28)16-10-29-17(19(24)25)13-4-2-1-3-12(13)16/h1-10,19H,(H,34,37). The summed E-state index contributed by atoms with van der Waals surface area (Å²) in [6, 6.07) is 6.88. The van der Waals surface area contributed by atoms with Gasteiger partial charge in [-0.15, -0.1) is 4.80 Å². The molecule has 188 valence electrons. The molecule has 0 aliphatic carbocycles. The smallest absolute Gasteiger partial charge is 0.320 e. The minimum atomic E-state index is -5.04. The first-order valence-electron chi connectivity index (χ1n) is 10.3. The number of amides is 1. The number of carbonyl (C=O) groups excluding carboxylic acids is 1. The number of hydrogen-bond donors (Lipinski definition) is 1. The van der Waals surface area contributed by atoms with E-state index in [1.165, 1.54) is 48.9 Å². The molecule has 0 saturated heterocycles. The second kappa shape index (κ2) is 9.20. The molecule has 0 saturated carbocycles. The Morgan fingerprint density at radius 3 is 2.32 bits per heavy atom. The first-order chi connectivity index (χ1) is 17.6. The van der Waals surface area contributed by atoms with Crippen LogP contribution in [0.1, 0.15) is 28.2 Å². The Kier molecular flexibility index (Phi) is 6.03. The maximum Gasteiger partial charge on any atom is 0.434 e. The van der Waals surface area contributed by atoms with Gasteiger partial charge in [-0.05, 0) is 6.07 Å². The summed E-state index contributed by atoms with van der Waals surface area (Å²) in [6.07, 6.45) is -2.45. The molecule has 0 unspecified atom stereocenters. The van der Waals surface area contributed by atoms with Crippen LogP contribution < -0.4 is 5.32 Å². The Labute approximate surface area is 208 Å². The van der Waals surface area contributed by atoms with Gasteiger partial charge >= 0.3 is 6.18 Å². The lowest BCUT2D eigenvalue weighted by molar-refractivity contribution is -0.143. The lowest BCUT2D eigenvalue weighted by Crippen LogP contribution is -2.21. The van der Waals surface area contributed by atoms with Crippen LogP contribution in [0.15, 0.2) is 61.3 Å². The molecule has 4 aromatic heterocycles. The van der Waals surface area contributed by atoms with Crippen LogP contribution in [0.2, 0.25) is 5.02 Å². The van der Waals surface area contributed by atoms with Gasteiger partial charge in [-0.25, -0.2) is 18.4 Å². The minimum absolute atomic E-state index is 0.000170. The summed E-state index contributed by atoms with van der Waals surface area (Å²) >= 11 is 6.16.